The maximum atomic E-state index is 12.1. The standard InChI is InChI=1S/C19H32N4O2S.HI/c1-4-12-25-18-15(8-7-11-21-18)14-22-19(20-3)23-16-9-6-10-17(13-16)26(24)5-2;/h7-8,11,16-17H,4-6,9-10,12-14H2,1-3H3,(H2,20,22,23);1H. The van der Waals surface area contributed by atoms with Crippen molar-refractivity contribution in [2.75, 3.05) is 19.4 Å². The first-order valence-corrected chi connectivity index (χ1v) is 11.0. The molecule has 1 heterocycles. The monoisotopic (exact) mass is 508 g/mol. The minimum absolute atomic E-state index is 0. The molecule has 1 aliphatic carbocycles. The van der Waals surface area contributed by atoms with Crippen LogP contribution >= 0.6 is 24.0 Å². The number of halogens is 1. The van der Waals surface area contributed by atoms with Crippen molar-refractivity contribution < 1.29 is 8.95 Å². The molecule has 154 valence electrons. The molecule has 1 fully saturated rings. The van der Waals surface area contributed by atoms with Crippen LogP contribution in [0.25, 0.3) is 0 Å². The molecule has 1 saturated carbocycles. The predicted molar refractivity (Wildman–Crippen MR) is 123 cm³/mol. The third kappa shape index (κ3) is 7.93. The van der Waals surface area contributed by atoms with Gasteiger partial charge in [0.05, 0.1) is 6.61 Å². The molecule has 0 saturated heterocycles. The summed E-state index contributed by atoms with van der Waals surface area (Å²) in [6.45, 7) is 5.34. The molecule has 1 aromatic rings. The van der Waals surface area contributed by atoms with Gasteiger partial charge in [0.2, 0.25) is 5.88 Å². The summed E-state index contributed by atoms with van der Waals surface area (Å²) in [5.41, 5.74) is 1.01. The number of aliphatic imine (C=N–C) groups is 1. The average molecular weight is 508 g/mol. The Hall–Kier alpha value is -0.900. The Morgan fingerprint density at radius 2 is 2.22 bits per heavy atom. The van der Waals surface area contributed by atoms with Crippen LogP contribution in [-0.4, -0.2) is 45.9 Å². The molecule has 0 spiro atoms. The van der Waals surface area contributed by atoms with Crippen LogP contribution in [0.2, 0.25) is 0 Å². The zero-order valence-electron chi connectivity index (χ0n) is 16.6. The van der Waals surface area contributed by atoms with Gasteiger partial charge in [-0.25, -0.2) is 4.98 Å². The highest BCUT2D eigenvalue weighted by Gasteiger charge is 2.26. The zero-order valence-corrected chi connectivity index (χ0v) is 19.7. The van der Waals surface area contributed by atoms with E-state index in [1.54, 1.807) is 13.2 Å². The summed E-state index contributed by atoms with van der Waals surface area (Å²) in [6, 6.07) is 4.25. The van der Waals surface area contributed by atoms with E-state index in [2.05, 4.69) is 27.5 Å². The van der Waals surface area contributed by atoms with Crippen molar-refractivity contribution in [1.29, 1.82) is 0 Å². The Bertz CT molecular complexity index is 615. The van der Waals surface area contributed by atoms with Crippen molar-refractivity contribution >= 4 is 40.7 Å². The lowest BCUT2D eigenvalue weighted by Gasteiger charge is -2.30. The Morgan fingerprint density at radius 3 is 2.93 bits per heavy atom. The molecular formula is C19H33IN4O2S. The summed E-state index contributed by atoms with van der Waals surface area (Å²) in [5.74, 6) is 2.18. The summed E-state index contributed by atoms with van der Waals surface area (Å²) < 4.78 is 17.8. The van der Waals surface area contributed by atoms with Crippen molar-refractivity contribution in [3.8, 4) is 5.88 Å². The maximum Gasteiger partial charge on any atom is 0.218 e. The van der Waals surface area contributed by atoms with Gasteiger partial charge in [-0.1, -0.05) is 26.3 Å². The number of aromatic nitrogens is 1. The molecule has 1 aromatic heterocycles. The van der Waals surface area contributed by atoms with E-state index in [4.69, 9.17) is 4.74 Å². The number of guanidine groups is 1. The van der Waals surface area contributed by atoms with Gasteiger partial charge >= 0.3 is 0 Å². The van der Waals surface area contributed by atoms with Gasteiger partial charge in [0.1, 0.15) is 0 Å². The minimum Gasteiger partial charge on any atom is -0.477 e. The van der Waals surface area contributed by atoms with E-state index in [0.717, 1.165) is 49.4 Å². The van der Waals surface area contributed by atoms with Crippen LogP contribution in [0.3, 0.4) is 0 Å². The van der Waals surface area contributed by atoms with Crippen LogP contribution in [0.1, 0.15) is 51.5 Å². The second-order valence-corrected chi connectivity index (χ2v) is 8.55. The molecule has 0 radical (unpaired) electrons. The van der Waals surface area contributed by atoms with Crippen LogP contribution in [0, 0.1) is 0 Å². The quantitative estimate of drug-likeness (QED) is 0.321. The normalized spacial score (nSPS) is 21.1. The molecule has 0 aliphatic heterocycles. The molecule has 3 unspecified atom stereocenters. The second kappa shape index (κ2) is 13.3. The molecule has 0 aromatic carbocycles. The van der Waals surface area contributed by atoms with Gasteiger partial charge in [-0.2, -0.15) is 0 Å². The Balaban J connectivity index is 0.00000364. The molecule has 2 rings (SSSR count). The van der Waals surface area contributed by atoms with Gasteiger partial charge in [0.25, 0.3) is 0 Å². The first-order chi connectivity index (χ1) is 12.7. The van der Waals surface area contributed by atoms with Gasteiger partial charge in [0.15, 0.2) is 5.96 Å². The summed E-state index contributed by atoms with van der Waals surface area (Å²) in [7, 11) is 1.06. The van der Waals surface area contributed by atoms with E-state index in [9.17, 15) is 4.21 Å². The number of pyridine rings is 1. The molecule has 2 N–H and O–H groups in total. The first-order valence-electron chi connectivity index (χ1n) is 9.58. The highest BCUT2D eigenvalue weighted by Crippen LogP contribution is 2.23. The van der Waals surface area contributed by atoms with E-state index >= 15 is 0 Å². The largest absolute Gasteiger partial charge is 0.477 e. The number of rotatable bonds is 8. The predicted octanol–water partition coefficient (Wildman–Crippen LogP) is 3.23. The van der Waals surface area contributed by atoms with Crippen molar-refractivity contribution in [1.82, 2.24) is 15.6 Å². The Kier molecular flexibility index (Phi) is 11.9. The van der Waals surface area contributed by atoms with E-state index in [1.807, 2.05) is 19.1 Å². The first kappa shape index (κ1) is 24.1. The highest BCUT2D eigenvalue weighted by molar-refractivity contribution is 14.0. The second-order valence-electron chi connectivity index (χ2n) is 6.54. The molecule has 1 aliphatic rings. The number of nitrogens with one attached hydrogen (secondary N) is 2. The molecular weight excluding hydrogens is 475 g/mol. The number of ether oxygens (including phenoxy) is 1. The Morgan fingerprint density at radius 1 is 1.41 bits per heavy atom. The molecule has 8 heteroatoms. The highest BCUT2D eigenvalue weighted by atomic mass is 127. The van der Waals surface area contributed by atoms with Gasteiger partial charge in [-0.3, -0.25) is 9.20 Å². The van der Waals surface area contributed by atoms with Crippen LogP contribution in [0.15, 0.2) is 23.3 Å². The smallest absolute Gasteiger partial charge is 0.218 e. The van der Waals surface area contributed by atoms with Gasteiger partial charge in [-0.15, -0.1) is 24.0 Å². The molecule has 6 nitrogen and oxygen atoms in total. The number of nitrogens with zero attached hydrogens (tertiary/aromatic N) is 2. The van der Waals surface area contributed by atoms with Crippen LogP contribution in [0.4, 0.5) is 0 Å². The lowest BCUT2D eigenvalue weighted by atomic mass is 9.95. The Labute approximate surface area is 182 Å². The third-order valence-corrected chi connectivity index (χ3v) is 6.33. The fourth-order valence-corrected chi connectivity index (χ4v) is 4.55. The van der Waals surface area contributed by atoms with Gasteiger partial charge in [0, 0.05) is 53.2 Å². The molecule has 3 atom stereocenters. The van der Waals surface area contributed by atoms with E-state index in [0.29, 0.717) is 30.3 Å². The van der Waals surface area contributed by atoms with E-state index in [-0.39, 0.29) is 24.0 Å². The summed E-state index contributed by atoms with van der Waals surface area (Å²) >= 11 is 0. The molecule has 27 heavy (non-hydrogen) atoms. The summed E-state index contributed by atoms with van der Waals surface area (Å²) in [4.78, 5) is 8.65. The van der Waals surface area contributed by atoms with E-state index < -0.39 is 10.8 Å². The SMILES string of the molecule is CCCOc1ncccc1CNC(=NC)NC1CCCC(S(=O)CC)C1.I. The summed E-state index contributed by atoms with van der Waals surface area (Å²) in [6.07, 6.45) is 6.92. The minimum atomic E-state index is -0.716. The van der Waals surface area contributed by atoms with Crippen LogP contribution in [-0.2, 0) is 17.3 Å². The van der Waals surface area contributed by atoms with Crippen LogP contribution in [0.5, 0.6) is 5.88 Å². The number of hydrogen-bond donors (Lipinski definition) is 2. The topological polar surface area (TPSA) is 75.6 Å². The average Bonchev–Trinajstić information content (AvgIpc) is 2.69. The van der Waals surface area contributed by atoms with E-state index in [1.165, 1.54) is 0 Å². The van der Waals surface area contributed by atoms with Crippen LogP contribution < -0.4 is 15.4 Å². The maximum absolute atomic E-state index is 12.1. The fraction of sp³-hybridized carbons (Fsp3) is 0.684. The lowest BCUT2D eigenvalue weighted by Crippen LogP contribution is -2.46. The molecule has 0 amide bonds. The number of hydrogen-bond acceptors (Lipinski definition) is 4. The van der Waals surface area contributed by atoms with Gasteiger partial charge in [-0.05, 0) is 31.7 Å². The van der Waals surface area contributed by atoms with Crippen molar-refractivity contribution in [3.63, 3.8) is 0 Å². The molecule has 0 bridgehead atoms. The van der Waals surface area contributed by atoms with Crippen molar-refractivity contribution in [2.24, 2.45) is 4.99 Å². The van der Waals surface area contributed by atoms with Gasteiger partial charge < -0.3 is 15.4 Å². The zero-order chi connectivity index (χ0) is 18.8. The van der Waals surface area contributed by atoms with Crippen molar-refractivity contribution in [2.45, 2.75) is 63.8 Å². The lowest BCUT2D eigenvalue weighted by molar-refractivity contribution is 0.301. The van der Waals surface area contributed by atoms with Crippen molar-refractivity contribution in [3.05, 3.63) is 23.9 Å². The summed E-state index contributed by atoms with van der Waals surface area (Å²) in [5, 5.41) is 7.14. The fourth-order valence-electron chi connectivity index (χ4n) is 3.20. The third-order valence-electron chi connectivity index (χ3n) is 4.59.